The Morgan fingerprint density at radius 1 is 1.11 bits per heavy atom. The van der Waals surface area contributed by atoms with E-state index in [0.29, 0.717) is 12.5 Å². The van der Waals surface area contributed by atoms with Crippen molar-refractivity contribution in [2.45, 2.75) is 39.0 Å². The first-order valence-corrected chi connectivity index (χ1v) is 7.45. The van der Waals surface area contributed by atoms with E-state index < -0.39 is 0 Å². The maximum Gasteiger partial charge on any atom is 0.161 e. The van der Waals surface area contributed by atoms with Crippen molar-refractivity contribution in [2.24, 2.45) is 0 Å². The summed E-state index contributed by atoms with van der Waals surface area (Å²) in [5.74, 6) is 2.43. The minimum atomic E-state index is 0.653. The number of benzene rings is 1. The molecule has 1 aliphatic rings. The largest absolute Gasteiger partial charge is 0.490 e. The van der Waals surface area contributed by atoms with E-state index in [4.69, 9.17) is 9.47 Å². The van der Waals surface area contributed by atoms with Crippen LogP contribution in [0.1, 0.15) is 44.6 Å². The van der Waals surface area contributed by atoms with Gasteiger partial charge in [-0.15, -0.1) is 0 Å². The highest BCUT2D eigenvalue weighted by molar-refractivity contribution is 5.44. The van der Waals surface area contributed by atoms with Crippen LogP contribution in [0.25, 0.3) is 0 Å². The van der Waals surface area contributed by atoms with Gasteiger partial charge in [0.05, 0.1) is 13.2 Å². The van der Waals surface area contributed by atoms with Crippen molar-refractivity contribution >= 4 is 0 Å². The molecule has 1 aliphatic heterocycles. The van der Waals surface area contributed by atoms with Gasteiger partial charge in [-0.05, 0) is 62.9 Å². The second-order valence-electron chi connectivity index (χ2n) is 5.01. The molecule has 2 rings (SSSR count). The predicted octanol–water partition coefficient (Wildman–Crippen LogP) is 3.34. The summed E-state index contributed by atoms with van der Waals surface area (Å²) >= 11 is 0. The van der Waals surface area contributed by atoms with Gasteiger partial charge in [-0.25, -0.2) is 0 Å². The fourth-order valence-corrected chi connectivity index (χ4v) is 2.53. The van der Waals surface area contributed by atoms with Crippen molar-refractivity contribution in [1.82, 2.24) is 5.32 Å². The number of rotatable bonds is 6. The topological polar surface area (TPSA) is 30.5 Å². The van der Waals surface area contributed by atoms with E-state index in [2.05, 4.69) is 30.4 Å². The van der Waals surface area contributed by atoms with Gasteiger partial charge < -0.3 is 14.8 Å². The van der Waals surface area contributed by atoms with Gasteiger partial charge in [0.2, 0.25) is 0 Å². The molecule has 19 heavy (non-hydrogen) atoms. The first-order chi connectivity index (χ1) is 9.35. The molecule has 1 N–H and O–H groups in total. The Labute approximate surface area is 116 Å². The molecule has 0 amide bonds. The minimum absolute atomic E-state index is 0.653. The normalized spacial score (nSPS) is 16.3. The average molecular weight is 263 g/mol. The van der Waals surface area contributed by atoms with Crippen molar-refractivity contribution in [1.29, 1.82) is 0 Å². The van der Waals surface area contributed by atoms with Gasteiger partial charge in [0.15, 0.2) is 11.5 Å². The third kappa shape index (κ3) is 3.87. The Hall–Kier alpha value is -1.22. The number of hydrogen-bond acceptors (Lipinski definition) is 3. The highest BCUT2D eigenvalue weighted by atomic mass is 16.5. The summed E-state index contributed by atoms with van der Waals surface area (Å²) < 4.78 is 11.5. The van der Waals surface area contributed by atoms with Gasteiger partial charge in [-0.1, -0.05) is 13.0 Å². The number of hydrogen-bond donors (Lipinski definition) is 1. The summed E-state index contributed by atoms with van der Waals surface area (Å²) in [4.78, 5) is 0. The van der Waals surface area contributed by atoms with Crippen LogP contribution in [0, 0.1) is 0 Å². The van der Waals surface area contributed by atoms with Gasteiger partial charge in [0.25, 0.3) is 0 Å². The Balaban J connectivity index is 2.14. The molecule has 106 valence electrons. The van der Waals surface area contributed by atoms with Crippen LogP contribution in [0.5, 0.6) is 11.5 Å². The molecule has 1 heterocycles. The third-order valence-corrected chi connectivity index (χ3v) is 3.54. The van der Waals surface area contributed by atoms with Crippen molar-refractivity contribution in [2.75, 3.05) is 26.3 Å². The monoisotopic (exact) mass is 263 g/mol. The Morgan fingerprint density at radius 2 is 1.89 bits per heavy atom. The van der Waals surface area contributed by atoms with Gasteiger partial charge in [0.1, 0.15) is 0 Å². The zero-order valence-electron chi connectivity index (χ0n) is 12.1. The molecule has 3 heteroatoms. The summed E-state index contributed by atoms with van der Waals surface area (Å²) in [6, 6.07) is 6.44. The van der Waals surface area contributed by atoms with Crippen LogP contribution in [0.3, 0.4) is 0 Å². The Bertz CT molecular complexity index is 386. The van der Waals surface area contributed by atoms with Crippen molar-refractivity contribution in [3.05, 3.63) is 23.8 Å². The lowest BCUT2D eigenvalue weighted by Crippen LogP contribution is -2.26. The van der Waals surface area contributed by atoms with Crippen LogP contribution in [-0.2, 0) is 0 Å². The van der Waals surface area contributed by atoms with Crippen LogP contribution in [0.2, 0.25) is 0 Å². The molecule has 1 fully saturated rings. The quantitative estimate of drug-likeness (QED) is 0.854. The fourth-order valence-electron chi connectivity index (χ4n) is 2.53. The summed E-state index contributed by atoms with van der Waals surface area (Å²) in [5, 5.41) is 3.41. The third-order valence-electron chi connectivity index (χ3n) is 3.54. The standard InChI is InChI=1S/C16H25NO2/c1-3-11-19-15-6-5-14(12-16(15)18-4-2)13-7-9-17-10-8-13/h5-6,12-13,17H,3-4,7-11H2,1-2H3. The second-order valence-corrected chi connectivity index (χ2v) is 5.01. The molecule has 0 unspecified atom stereocenters. The molecule has 1 saturated heterocycles. The molecular weight excluding hydrogens is 238 g/mol. The van der Waals surface area contributed by atoms with Gasteiger partial charge in [0, 0.05) is 0 Å². The zero-order valence-corrected chi connectivity index (χ0v) is 12.1. The fraction of sp³-hybridized carbons (Fsp3) is 0.625. The SMILES string of the molecule is CCCOc1ccc(C2CCNCC2)cc1OCC. The van der Waals surface area contributed by atoms with Gasteiger partial charge in [-0.2, -0.15) is 0 Å². The lowest BCUT2D eigenvalue weighted by Gasteiger charge is -2.24. The van der Waals surface area contributed by atoms with Crippen LogP contribution in [0.4, 0.5) is 0 Å². The molecule has 0 radical (unpaired) electrons. The van der Waals surface area contributed by atoms with E-state index in [1.165, 1.54) is 18.4 Å². The number of piperidine rings is 1. The zero-order chi connectivity index (χ0) is 13.5. The molecule has 3 nitrogen and oxygen atoms in total. The number of ether oxygens (including phenoxy) is 2. The first-order valence-electron chi connectivity index (χ1n) is 7.45. The molecule has 0 atom stereocenters. The molecule has 1 aromatic carbocycles. The van der Waals surface area contributed by atoms with E-state index in [9.17, 15) is 0 Å². The highest BCUT2D eigenvalue weighted by Crippen LogP contribution is 2.34. The second kappa shape index (κ2) is 7.39. The van der Waals surface area contributed by atoms with Crippen LogP contribution >= 0.6 is 0 Å². The summed E-state index contributed by atoms with van der Waals surface area (Å²) in [6.45, 7) is 7.78. The Morgan fingerprint density at radius 3 is 2.58 bits per heavy atom. The molecule has 0 spiro atoms. The summed E-state index contributed by atoms with van der Waals surface area (Å²) in [6.07, 6.45) is 3.43. The number of nitrogens with one attached hydrogen (secondary N) is 1. The smallest absolute Gasteiger partial charge is 0.161 e. The van der Waals surface area contributed by atoms with E-state index in [0.717, 1.165) is 37.6 Å². The Kier molecular flexibility index (Phi) is 5.52. The highest BCUT2D eigenvalue weighted by Gasteiger charge is 2.17. The predicted molar refractivity (Wildman–Crippen MR) is 78.2 cm³/mol. The molecule has 0 bridgehead atoms. The van der Waals surface area contributed by atoms with Crippen LogP contribution < -0.4 is 14.8 Å². The van der Waals surface area contributed by atoms with Gasteiger partial charge in [-0.3, -0.25) is 0 Å². The van der Waals surface area contributed by atoms with Crippen LogP contribution in [0.15, 0.2) is 18.2 Å². The van der Waals surface area contributed by atoms with Crippen molar-refractivity contribution < 1.29 is 9.47 Å². The lowest BCUT2D eigenvalue weighted by atomic mass is 9.90. The molecule has 0 aliphatic carbocycles. The van der Waals surface area contributed by atoms with Crippen molar-refractivity contribution in [3.8, 4) is 11.5 Å². The molecule has 1 aromatic rings. The van der Waals surface area contributed by atoms with E-state index >= 15 is 0 Å². The summed E-state index contributed by atoms with van der Waals surface area (Å²) in [7, 11) is 0. The van der Waals surface area contributed by atoms with E-state index in [-0.39, 0.29) is 0 Å². The molecule has 0 aromatic heterocycles. The maximum atomic E-state index is 5.74. The van der Waals surface area contributed by atoms with E-state index in [1.54, 1.807) is 0 Å². The molecular formula is C16H25NO2. The van der Waals surface area contributed by atoms with Gasteiger partial charge >= 0.3 is 0 Å². The maximum absolute atomic E-state index is 5.74. The van der Waals surface area contributed by atoms with E-state index in [1.807, 2.05) is 6.92 Å². The average Bonchev–Trinajstić information content (AvgIpc) is 2.47. The van der Waals surface area contributed by atoms with Crippen molar-refractivity contribution in [3.63, 3.8) is 0 Å². The summed E-state index contributed by atoms with van der Waals surface area (Å²) in [5.41, 5.74) is 1.38. The minimum Gasteiger partial charge on any atom is -0.490 e. The first kappa shape index (κ1) is 14.2. The lowest BCUT2D eigenvalue weighted by molar-refractivity contribution is 0.276. The molecule has 0 saturated carbocycles. The van der Waals surface area contributed by atoms with Crippen LogP contribution in [-0.4, -0.2) is 26.3 Å².